The van der Waals surface area contributed by atoms with Crippen LogP contribution < -0.4 is 0 Å². The van der Waals surface area contributed by atoms with Gasteiger partial charge in [-0.1, -0.05) is 145 Å². The molecule has 0 saturated carbocycles. The minimum absolute atomic E-state index is 0.0670. The van der Waals surface area contributed by atoms with Crippen LogP contribution in [-0.4, -0.2) is 56.5 Å². The summed E-state index contributed by atoms with van der Waals surface area (Å²) in [6, 6.07) is 40.0. The fourth-order valence-corrected chi connectivity index (χ4v) is 6.29. The molecule has 278 valence electrons. The van der Waals surface area contributed by atoms with Crippen molar-refractivity contribution in [2.24, 2.45) is 5.92 Å². The van der Waals surface area contributed by atoms with E-state index in [0.29, 0.717) is 39.5 Å². The topological polar surface area (TPSA) is 81.7 Å². The van der Waals surface area contributed by atoms with Crippen molar-refractivity contribution < 1.29 is 38.0 Å². The lowest BCUT2D eigenvalue weighted by Gasteiger charge is -2.46. The Labute approximate surface area is 313 Å². The highest BCUT2D eigenvalue weighted by molar-refractivity contribution is 5.72. The molecule has 0 unspecified atom stereocenters. The van der Waals surface area contributed by atoms with Crippen LogP contribution in [0.4, 0.5) is 0 Å². The number of hydrogen-bond donors (Lipinski definition) is 0. The molecule has 6 rings (SSSR count). The Kier molecular flexibility index (Phi) is 15.0. The van der Waals surface area contributed by atoms with Gasteiger partial charge < -0.3 is 33.2 Å². The number of rotatable bonds is 20. The molecule has 1 aliphatic carbocycles. The van der Waals surface area contributed by atoms with Crippen molar-refractivity contribution in [3.05, 3.63) is 167 Å². The third-order valence-electron chi connectivity index (χ3n) is 9.27. The van der Waals surface area contributed by atoms with Gasteiger partial charge >= 0.3 is 5.97 Å². The number of carbonyl (C=O) groups excluding carboxylic acids is 1. The van der Waals surface area contributed by atoms with Crippen molar-refractivity contribution >= 4 is 5.97 Å². The van der Waals surface area contributed by atoms with Gasteiger partial charge in [0, 0.05) is 6.42 Å². The molecule has 0 N–H and O–H groups in total. The van der Waals surface area contributed by atoms with E-state index in [1.54, 1.807) is 6.92 Å². The lowest BCUT2D eigenvalue weighted by atomic mass is 9.97. The molecule has 4 aromatic rings. The summed E-state index contributed by atoms with van der Waals surface area (Å²) in [5.74, 6) is -0.856. The highest BCUT2D eigenvalue weighted by Gasteiger charge is 2.49. The number of carbonyl (C=O) groups is 1. The summed E-state index contributed by atoms with van der Waals surface area (Å²) in [6.07, 6.45) is 4.41. The number of ether oxygens (including phenoxy) is 7. The lowest BCUT2D eigenvalue weighted by Crippen LogP contribution is -2.62. The summed E-state index contributed by atoms with van der Waals surface area (Å²) in [6.45, 7) is 3.76. The Morgan fingerprint density at radius 1 is 0.660 bits per heavy atom. The van der Waals surface area contributed by atoms with Crippen LogP contribution in [0.2, 0.25) is 0 Å². The first kappa shape index (κ1) is 38.3. The van der Waals surface area contributed by atoms with Gasteiger partial charge in [0.15, 0.2) is 6.29 Å². The molecule has 1 fully saturated rings. The van der Waals surface area contributed by atoms with E-state index in [1.165, 1.54) is 5.57 Å². The van der Waals surface area contributed by atoms with Crippen molar-refractivity contribution in [3.8, 4) is 0 Å². The maximum atomic E-state index is 13.0. The molecule has 6 atom stereocenters. The molecular weight excluding hydrogens is 668 g/mol. The molecule has 53 heavy (non-hydrogen) atoms. The Morgan fingerprint density at radius 3 is 1.70 bits per heavy atom. The molecule has 0 amide bonds. The molecule has 1 heterocycles. The smallest absolute Gasteiger partial charge is 0.311 e. The van der Waals surface area contributed by atoms with Crippen LogP contribution in [0.5, 0.6) is 0 Å². The SMILES string of the molecule is C[C@H](CO[C@H]1O[C@H](COCc2ccccc2)[C@@H](OCc2ccccc2)[C@H](OCc2ccccc2)[C@@H]1OCc1ccccc1)C(=O)OCCC1=CC=CC1. The van der Waals surface area contributed by atoms with Gasteiger partial charge in [0.1, 0.15) is 24.4 Å². The molecule has 4 aromatic carbocycles. The second-order valence-corrected chi connectivity index (χ2v) is 13.4. The molecule has 0 spiro atoms. The summed E-state index contributed by atoms with van der Waals surface area (Å²) in [7, 11) is 0. The average molecular weight is 719 g/mol. The summed E-state index contributed by atoms with van der Waals surface area (Å²) >= 11 is 0. The summed E-state index contributed by atoms with van der Waals surface area (Å²) in [5, 5.41) is 0. The van der Waals surface area contributed by atoms with E-state index in [4.69, 9.17) is 33.2 Å². The van der Waals surface area contributed by atoms with Crippen LogP contribution in [0, 0.1) is 5.92 Å². The third-order valence-corrected chi connectivity index (χ3v) is 9.27. The van der Waals surface area contributed by atoms with Gasteiger partial charge in [0.2, 0.25) is 0 Å². The van der Waals surface area contributed by atoms with Crippen LogP contribution >= 0.6 is 0 Å². The van der Waals surface area contributed by atoms with Gasteiger partial charge in [-0.3, -0.25) is 4.79 Å². The van der Waals surface area contributed by atoms with E-state index in [2.05, 4.69) is 12.2 Å². The van der Waals surface area contributed by atoms with Crippen LogP contribution in [0.1, 0.15) is 42.0 Å². The van der Waals surface area contributed by atoms with Crippen molar-refractivity contribution in [2.75, 3.05) is 19.8 Å². The highest BCUT2D eigenvalue weighted by atomic mass is 16.7. The van der Waals surface area contributed by atoms with E-state index in [1.807, 2.05) is 127 Å². The van der Waals surface area contributed by atoms with Gasteiger partial charge in [-0.05, 0) is 35.6 Å². The van der Waals surface area contributed by atoms with Gasteiger partial charge in [-0.25, -0.2) is 0 Å². The standard InChI is InChI=1S/C45H50O8/c1-34(44(46)48-27-26-35-16-14-15-17-35)28-52-45-43(51-32-39-24-12-5-13-25-39)42(50-31-38-22-10-4-11-23-38)41(49-30-37-20-8-3-9-21-37)40(53-45)33-47-29-36-18-6-2-7-19-36/h2-16,18-25,34,40-43,45H,17,26-33H2,1H3/t34-,40-,41-,42+,43+,45+/m1/s1. The molecule has 1 aliphatic heterocycles. The van der Waals surface area contributed by atoms with Gasteiger partial charge in [0.05, 0.1) is 52.2 Å². The Balaban J connectivity index is 1.23. The van der Waals surface area contributed by atoms with E-state index in [0.717, 1.165) is 28.7 Å². The van der Waals surface area contributed by atoms with E-state index in [-0.39, 0.29) is 19.2 Å². The normalized spacial score (nSPS) is 21.6. The predicted molar refractivity (Wildman–Crippen MR) is 202 cm³/mol. The first-order valence-corrected chi connectivity index (χ1v) is 18.5. The van der Waals surface area contributed by atoms with Crippen LogP contribution in [0.15, 0.2) is 145 Å². The summed E-state index contributed by atoms with van der Waals surface area (Å²) < 4.78 is 45.3. The second-order valence-electron chi connectivity index (χ2n) is 13.4. The minimum Gasteiger partial charge on any atom is -0.465 e. The summed E-state index contributed by atoms with van der Waals surface area (Å²) in [4.78, 5) is 13.0. The zero-order chi connectivity index (χ0) is 36.5. The second kappa shape index (κ2) is 20.7. The third kappa shape index (κ3) is 12.1. The number of esters is 1. The van der Waals surface area contributed by atoms with E-state index >= 15 is 0 Å². The number of benzene rings is 4. The fourth-order valence-electron chi connectivity index (χ4n) is 6.29. The Morgan fingerprint density at radius 2 is 1.17 bits per heavy atom. The molecule has 8 heteroatoms. The van der Waals surface area contributed by atoms with Crippen molar-refractivity contribution in [2.45, 2.75) is 76.9 Å². The molecule has 1 saturated heterocycles. The number of allylic oxidation sites excluding steroid dienone is 3. The maximum Gasteiger partial charge on any atom is 0.311 e. The molecule has 2 aliphatic rings. The van der Waals surface area contributed by atoms with E-state index < -0.39 is 36.6 Å². The highest BCUT2D eigenvalue weighted by Crippen LogP contribution is 2.32. The molecule has 0 radical (unpaired) electrons. The number of hydrogen-bond acceptors (Lipinski definition) is 8. The molecule has 8 nitrogen and oxygen atoms in total. The Hall–Kier alpha value is -4.41. The van der Waals surface area contributed by atoms with Crippen LogP contribution in [0.3, 0.4) is 0 Å². The van der Waals surface area contributed by atoms with Gasteiger partial charge in [-0.15, -0.1) is 0 Å². The zero-order valence-electron chi connectivity index (χ0n) is 30.4. The van der Waals surface area contributed by atoms with Crippen LogP contribution in [-0.2, 0) is 64.4 Å². The quantitative estimate of drug-likeness (QED) is 0.0848. The fraction of sp³-hybridized carbons (Fsp3) is 0.356. The largest absolute Gasteiger partial charge is 0.465 e. The molecular formula is C45H50O8. The first-order valence-electron chi connectivity index (χ1n) is 18.5. The summed E-state index contributed by atoms with van der Waals surface area (Å²) in [5.41, 5.74) is 5.32. The first-order chi connectivity index (χ1) is 26.1. The van der Waals surface area contributed by atoms with Gasteiger partial charge in [-0.2, -0.15) is 0 Å². The monoisotopic (exact) mass is 718 g/mol. The predicted octanol–water partition coefficient (Wildman–Crippen LogP) is 8.16. The van der Waals surface area contributed by atoms with Crippen molar-refractivity contribution in [3.63, 3.8) is 0 Å². The maximum absolute atomic E-state index is 13.0. The molecule has 0 aromatic heterocycles. The van der Waals surface area contributed by atoms with Crippen LogP contribution in [0.25, 0.3) is 0 Å². The van der Waals surface area contributed by atoms with Crippen molar-refractivity contribution in [1.82, 2.24) is 0 Å². The zero-order valence-corrected chi connectivity index (χ0v) is 30.4. The lowest BCUT2D eigenvalue weighted by molar-refractivity contribution is -0.329. The minimum atomic E-state index is -0.897. The van der Waals surface area contributed by atoms with Gasteiger partial charge in [0.25, 0.3) is 0 Å². The average Bonchev–Trinajstić information content (AvgIpc) is 3.73. The molecule has 0 bridgehead atoms. The van der Waals surface area contributed by atoms with Crippen molar-refractivity contribution in [1.29, 1.82) is 0 Å². The van der Waals surface area contributed by atoms with E-state index in [9.17, 15) is 4.79 Å². The Bertz CT molecular complexity index is 1700.